The van der Waals surface area contributed by atoms with Gasteiger partial charge in [0.2, 0.25) is 11.8 Å². The van der Waals surface area contributed by atoms with Crippen LogP contribution in [0.5, 0.6) is 0 Å². The molecule has 1 unspecified atom stereocenters. The molecule has 1 heterocycles. The van der Waals surface area contributed by atoms with Crippen LogP contribution in [0.4, 0.5) is 5.69 Å². The summed E-state index contributed by atoms with van der Waals surface area (Å²) in [6.45, 7) is 0.449. The van der Waals surface area contributed by atoms with Gasteiger partial charge in [-0.2, -0.15) is 0 Å². The number of rotatable bonds is 5. The van der Waals surface area contributed by atoms with Crippen LogP contribution in [0.2, 0.25) is 5.02 Å². The molecule has 1 aliphatic heterocycles. The Balaban J connectivity index is 1.50. The van der Waals surface area contributed by atoms with Crippen molar-refractivity contribution in [2.24, 2.45) is 5.92 Å². The number of carbonyl (C=O) groups is 3. The lowest BCUT2D eigenvalue weighted by Gasteiger charge is -2.31. The zero-order valence-corrected chi connectivity index (χ0v) is 17.5. The molecule has 6 heteroatoms. The summed E-state index contributed by atoms with van der Waals surface area (Å²) in [4.78, 5) is 40.3. The van der Waals surface area contributed by atoms with Crippen molar-refractivity contribution in [3.63, 3.8) is 0 Å². The lowest BCUT2D eigenvalue weighted by Crippen LogP contribution is -2.38. The molecule has 0 aromatic heterocycles. The first-order chi connectivity index (χ1) is 14.5. The molecule has 30 heavy (non-hydrogen) atoms. The van der Waals surface area contributed by atoms with Crippen molar-refractivity contribution in [3.8, 4) is 0 Å². The van der Waals surface area contributed by atoms with E-state index in [1.165, 1.54) is 6.42 Å². The van der Waals surface area contributed by atoms with E-state index in [2.05, 4.69) is 5.32 Å². The average Bonchev–Trinajstić information content (AvgIpc) is 3.17. The molecule has 1 N–H and O–H groups in total. The number of hydrogen-bond acceptors (Lipinski definition) is 3. The van der Waals surface area contributed by atoms with Crippen molar-refractivity contribution in [2.45, 2.75) is 44.6 Å². The number of nitrogens with one attached hydrogen (secondary N) is 1. The second-order valence-electron chi connectivity index (χ2n) is 8.11. The molecule has 2 aromatic carbocycles. The Morgan fingerprint density at radius 2 is 1.73 bits per heavy atom. The number of amides is 2. The van der Waals surface area contributed by atoms with Gasteiger partial charge in [-0.3, -0.25) is 14.4 Å². The Morgan fingerprint density at radius 1 is 1.00 bits per heavy atom. The second kappa shape index (κ2) is 9.00. The van der Waals surface area contributed by atoms with Crippen molar-refractivity contribution in [1.82, 2.24) is 4.90 Å². The summed E-state index contributed by atoms with van der Waals surface area (Å²) < 4.78 is 0. The second-order valence-corrected chi connectivity index (χ2v) is 8.55. The zero-order valence-electron chi connectivity index (χ0n) is 16.8. The zero-order chi connectivity index (χ0) is 21.1. The maximum Gasteiger partial charge on any atom is 0.229 e. The van der Waals surface area contributed by atoms with E-state index in [9.17, 15) is 14.4 Å². The van der Waals surface area contributed by atoms with Gasteiger partial charge in [0.15, 0.2) is 5.78 Å². The van der Waals surface area contributed by atoms with Crippen LogP contribution in [0.1, 0.15) is 54.4 Å². The molecule has 2 aromatic rings. The first-order valence-corrected chi connectivity index (χ1v) is 10.9. The smallest absolute Gasteiger partial charge is 0.229 e. The van der Waals surface area contributed by atoms with Crippen molar-refractivity contribution in [1.29, 1.82) is 0 Å². The Hall–Kier alpha value is -2.66. The fraction of sp³-hybridized carbons (Fsp3) is 0.375. The molecule has 0 radical (unpaired) electrons. The van der Waals surface area contributed by atoms with Crippen molar-refractivity contribution in [2.75, 3.05) is 11.9 Å². The number of carbonyl (C=O) groups excluding carboxylic acids is 3. The summed E-state index contributed by atoms with van der Waals surface area (Å²) in [5, 5.41) is 3.30. The molecule has 0 spiro atoms. The molecule has 2 fully saturated rings. The van der Waals surface area contributed by atoms with Gasteiger partial charge in [0.05, 0.1) is 11.6 Å². The average molecular weight is 425 g/mol. The number of likely N-dealkylation sites (tertiary alicyclic amines) is 1. The predicted octanol–water partition coefficient (Wildman–Crippen LogP) is 4.69. The standard InChI is InChI=1S/C24H25ClN2O3/c25-18-11-12-21(20(14-18)23(29)16-7-3-1-4-8-16)26-24(30)17-13-22(28)27(15-17)19-9-5-2-6-10-19/h1,3-4,7-8,11-12,14,17,19H,2,5-6,9-10,13,15H2,(H,26,30). The van der Waals surface area contributed by atoms with Gasteiger partial charge in [0, 0.05) is 35.2 Å². The summed E-state index contributed by atoms with van der Waals surface area (Å²) in [6.07, 6.45) is 5.76. The Bertz CT molecular complexity index is 954. The van der Waals surface area contributed by atoms with Gasteiger partial charge in [-0.1, -0.05) is 61.2 Å². The van der Waals surface area contributed by atoms with E-state index >= 15 is 0 Å². The Kier molecular flexibility index (Phi) is 6.18. The van der Waals surface area contributed by atoms with Gasteiger partial charge >= 0.3 is 0 Å². The van der Waals surface area contributed by atoms with Crippen LogP contribution >= 0.6 is 11.6 Å². The summed E-state index contributed by atoms with van der Waals surface area (Å²) in [7, 11) is 0. The monoisotopic (exact) mass is 424 g/mol. The quantitative estimate of drug-likeness (QED) is 0.708. The topological polar surface area (TPSA) is 66.5 Å². The molecule has 1 atom stereocenters. The van der Waals surface area contributed by atoms with Crippen LogP contribution in [0.25, 0.3) is 0 Å². The van der Waals surface area contributed by atoms with Gasteiger partial charge in [0.1, 0.15) is 0 Å². The minimum atomic E-state index is -0.408. The molecular formula is C24H25ClN2O3. The molecule has 0 bridgehead atoms. The number of hydrogen-bond donors (Lipinski definition) is 1. The third-order valence-corrected chi connectivity index (χ3v) is 6.30. The number of benzene rings is 2. The van der Waals surface area contributed by atoms with Crippen LogP contribution in [-0.4, -0.2) is 35.1 Å². The van der Waals surface area contributed by atoms with E-state index in [0.717, 1.165) is 25.7 Å². The summed E-state index contributed by atoms with van der Waals surface area (Å²) >= 11 is 6.12. The largest absolute Gasteiger partial charge is 0.339 e. The number of nitrogens with zero attached hydrogens (tertiary/aromatic N) is 1. The highest BCUT2D eigenvalue weighted by molar-refractivity contribution is 6.31. The highest BCUT2D eigenvalue weighted by atomic mass is 35.5. The van der Waals surface area contributed by atoms with E-state index in [4.69, 9.17) is 11.6 Å². The van der Waals surface area contributed by atoms with Crippen LogP contribution < -0.4 is 5.32 Å². The Morgan fingerprint density at radius 3 is 2.47 bits per heavy atom. The van der Waals surface area contributed by atoms with E-state index in [1.807, 2.05) is 11.0 Å². The first kappa shape index (κ1) is 20.6. The lowest BCUT2D eigenvalue weighted by atomic mass is 9.94. The van der Waals surface area contributed by atoms with Gasteiger partial charge < -0.3 is 10.2 Å². The molecular weight excluding hydrogens is 400 g/mol. The van der Waals surface area contributed by atoms with Crippen LogP contribution in [0, 0.1) is 5.92 Å². The molecule has 4 rings (SSSR count). The van der Waals surface area contributed by atoms with Crippen LogP contribution in [0.15, 0.2) is 48.5 Å². The highest BCUT2D eigenvalue weighted by Gasteiger charge is 2.38. The number of ketones is 1. The first-order valence-electron chi connectivity index (χ1n) is 10.5. The molecule has 156 valence electrons. The van der Waals surface area contributed by atoms with Gasteiger partial charge in [-0.25, -0.2) is 0 Å². The van der Waals surface area contributed by atoms with E-state index < -0.39 is 5.92 Å². The van der Waals surface area contributed by atoms with E-state index in [1.54, 1.807) is 42.5 Å². The molecule has 5 nitrogen and oxygen atoms in total. The van der Waals surface area contributed by atoms with E-state index in [0.29, 0.717) is 28.4 Å². The van der Waals surface area contributed by atoms with Crippen LogP contribution in [-0.2, 0) is 9.59 Å². The maximum atomic E-state index is 13.0. The molecule has 2 amide bonds. The van der Waals surface area contributed by atoms with Crippen molar-refractivity contribution < 1.29 is 14.4 Å². The van der Waals surface area contributed by atoms with Gasteiger partial charge in [0.25, 0.3) is 0 Å². The fourth-order valence-electron chi connectivity index (χ4n) is 4.45. The van der Waals surface area contributed by atoms with E-state index in [-0.39, 0.29) is 30.1 Å². The predicted molar refractivity (Wildman–Crippen MR) is 117 cm³/mol. The minimum Gasteiger partial charge on any atom is -0.339 e. The minimum absolute atomic E-state index is 0.0544. The normalized spacial score (nSPS) is 19.7. The van der Waals surface area contributed by atoms with Crippen molar-refractivity contribution >= 4 is 34.9 Å². The summed E-state index contributed by atoms with van der Waals surface area (Å²) in [6, 6.07) is 14.0. The third kappa shape index (κ3) is 4.41. The molecule has 1 saturated carbocycles. The van der Waals surface area contributed by atoms with Gasteiger partial charge in [-0.05, 0) is 31.0 Å². The Labute approximate surface area is 181 Å². The summed E-state index contributed by atoms with van der Waals surface area (Å²) in [5.74, 6) is -0.792. The molecule has 1 aliphatic carbocycles. The maximum absolute atomic E-state index is 13.0. The van der Waals surface area contributed by atoms with Crippen LogP contribution in [0.3, 0.4) is 0 Å². The van der Waals surface area contributed by atoms with Gasteiger partial charge in [-0.15, -0.1) is 0 Å². The van der Waals surface area contributed by atoms with Crippen molar-refractivity contribution in [3.05, 3.63) is 64.7 Å². The SMILES string of the molecule is O=C(c1ccccc1)c1cc(Cl)ccc1NC(=O)C1CC(=O)N(C2CCCCC2)C1. The molecule has 1 saturated heterocycles. The number of anilines is 1. The lowest BCUT2D eigenvalue weighted by molar-refractivity contribution is -0.130. The number of halogens is 1. The fourth-order valence-corrected chi connectivity index (χ4v) is 4.62. The molecule has 2 aliphatic rings. The highest BCUT2D eigenvalue weighted by Crippen LogP contribution is 2.30. The summed E-state index contributed by atoms with van der Waals surface area (Å²) in [5.41, 5.74) is 1.28. The third-order valence-electron chi connectivity index (χ3n) is 6.06.